The van der Waals surface area contributed by atoms with Crippen LogP contribution >= 0.6 is 19.3 Å². The Hall–Kier alpha value is -2.51. The molecule has 0 aliphatic carbocycles. The Labute approximate surface area is 218 Å². The molecule has 13 nitrogen and oxygen atoms in total. The number of halogens is 1. The van der Waals surface area contributed by atoms with Gasteiger partial charge < -0.3 is 29.9 Å². The number of aliphatic hydroxyl groups is 2. The molecule has 1 aliphatic rings. The quantitative estimate of drug-likeness (QED) is 0.243. The van der Waals surface area contributed by atoms with Gasteiger partial charge >= 0.3 is 19.4 Å². The van der Waals surface area contributed by atoms with Gasteiger partial charge in [-0.05, 0) is 58.0 Å². The largest absolute Gasteiger partial charge is 0.462 e. The number of esters is 1. The van der Waals surface area contributed by atoms with E-state index in [-0.39, 0.29) is 11.6 Å². The maximum Gasteiger partial charge on any atom is 0.459 e. The zero-order valence-corrected chi connectivity index (χ0v) is 22.3. The molecule has 37 heavy (non-hydrogen) atoms. The Bertz CT molecular complexity index is 1210. The predicted molar refractivity (Wildman–Crippen MR) is 133 cm³/mol. The third-order valence-electron chi connectivity index (χ3n) is 5.36. The van der Waals surface area contributed by atoms with Crippen LogP contribution in [0.4, 0.5) is 5.82 Å². The summed E-state index contributed by atoms with van der Waals surface area (Å²) >= 11 is 5.89. The van der Waals surface area contributed by atoms with E-state index in [0.29, 0.717) is 5.02 Å². The van der Waals surface area contributed by atoms with Crippen molar-refractivity contribution in [1.29, 1.82) is 0 Å². The van der Waals surface area contributed by atoms with Crippen LogP contribution in [0.25, 0.3) is 0 Å². The van der Waals surface area contributed by atoms with Gasteiger partial charge in [0.25, 0.3) is 0 Å². The van der Waals surface area contributed by atoms with Crippen LogP contribution in [0.3, 0.4) is 0 Å². The number of hydrogen-bond donors (Lipinski definition) is 4. The first kappa shape index (κ1) is 29.1. The zero-order chi connectivity index (χ0) is 27.5. The van der Waals surface area contributed by atoms with Gasteiger partial charge in [-0.15, -0.1) is 0 Å². The second kappa shape index (κ2) is 11.5. The summed E-state index contributed by atoms with van der Waals surface area (Å²) in [6.07, 6.45) is -3.35. The molecular weight excluding hydrogens is 531 g/mol. The first-order valence-electron chi connectivity index (χ1n) is 11.3. The van der Waals surface area contributed by atoms with Gasteiger partial charge in [-0.1, -0.05) is 11.6 Å². The van der Waals surface area contributed by atoms with E-state index in [1.165, 1.54) is 50.4 Å². The fourth-order valence-electron chi connectivity index (χ4n) is 3.50. The van der Waals surface area contributed by atoms with Crippen LogP contribution in [0.15, 0.2) is 41.3 Å². The Kier molecular flexibility index (Phi) is 9.01. The summed E-state index contributed by atoms with van der Waals surface area (Å²) in [6.45, 7) is 5.43. The van der Waals surface area contributed by atoms with E-state index in [1.807, 2.05) is 0 Å². The van der Waals surface area contributed by atoms with Crippen molar-refractivity contribution in [3.8, 4) is 5.75 Å². The van der Waals surface area contributed by atoms with Crippen molar-refractivity contribution < 1.29 is 38.1 Å². The van der Waals surface area contributed by atoms with Gasteiger partial charge in [-0.25, -0.2) is 9.36 Å². The van der Waals surface area contributed by atoms with Crippen molar-refractivity contribution in [1.82, 2.24) is 14.6 Å². The first-order chi connectivity index (χ1) is 17.2. The molecule has 0 spiro atoms. The van der Waals surface area contributed by atoms with E-state index in [4.69, 9.17) is 35.9 Å². The highest BCUT2D eigenvalue weighted by Gasteiger charge is 2.54. The summed E-state index contributed by atoms with van der Waals surface area (Å²) in [5.74, 6) is -0.619. The van der Waals surface area contributed by atoms with Gasteiger partial charge in [-0.2, -0.15) is 10.1 Å². The highest BCUT2D eigenvalue weighted by Crippen LogP contribution is 2.47. The van der Waals surface area contributed by atoms with Crippen LogP contribution in [-0.4, -0.2) is 62.3 Å². The standard InChI is InChI=1S/C22H30ClN4O9P/c1-12(2)34-19(29)13(3)26-37(32,36-15-7-5-14(23)6-8-15)33-11-16-18(28)22(4,31)20(35-16)27-10-9-17(24)25-21(27)30/h5-10,12-13,16,18,20,28,31H,11H2,1-4H3,(H,26,32)(H2,24,25,30)/t13-,16+,18+,20+,22+,37?/m0/s1. The summed E-state index contributed by atoms with van der Waals surface area (Å²) in [5.41, 5.74) is 2.74. The maximum atomic E-state index is 13.7. The van der Waals surface area contributed by atoms with Crippen molar-refractivity contribution >= 4 is 31.1 Å². The molecule has 1 saturated heterocycles. The molecule has 1 aliphatic heterocycles. The number of nitrogens with one attached hydrogen (secondary N) is 1. The van der Waals surface area contributed by atoms with Crippen molar-refractivity contribution in [3.05, 3.63) is 52.0 Å². The maximum absolute atomic E-state index is 13.7. The Morgan fingerprint density at radius 1 is 1.32 bits per heavy atom. The number of rotatable bonds is 10. The van der Waals surface area contributed by atoms with Crippen molar-refractivity contribution in [2.24, 2.45) is 0 Å². The molecule has 2 aromatic rings. The fraction of sp³-hybridized carbons (Fsp3) is 0.500. The topological polar surface area (TPSA) is 184 Å². The van der Waals surface area contributed by atoms with Crippen LogP contribution in [0.1, 0.15) is 33.9 Å². The molecule has 1 aromatic heterocycles. The average molecular weight is 561 g/mol. The summed E-state index contributed by atoms with van der Waals surface area (Å²) in [4.78, 5) is 28.2. The van der Waals surface area contributed by atoms with Gasteiger partial charge in [-0.3, -0.25) is 13.9 Å². The minimum Gasteiger partial charge on any atom is -0.462 e. The lowest BCUT2D eigenvalue weighted by Crippen LogP contribution is -2.46. The van der Waals surface area contributed by atoms with Crippen molar-refractivity contribution in [3.63, 3.8) is 0 Å². The summed E-state index contributed by atoms with van der Waals surface area (Å²) in [6, 6.07) is 6.11. The minimum absolute atomic E-state index is 0.0317. The van der Waals surface area contributed by atoms with E-state index in [1.54, 1.807) is 13.8 Å². The second-order valence-corrected chi connectivity index (χ2v) is 11.0. The van der Waals surface area contributed by atoms with E-state index < -0.39 is 62.2 Å². The lowest BCUT2D eigenvalue weighted by Gasteiger charge is -2.27. The lowest BCUT2D eigenvalue weighted by molar-refractivity contribution is -0.149. The van der Waals surface area contributed by atoms with Crippen molar-refractivity contribution in [2.45, 2.75) is 63.9 Å². The van der Waals surface area contributed by atoms with E-state index in [0.717, 1.165) is 4.57 Å². The first-order valence-corrected chi connectivity index (χ1v) is 13.2. The predicted octanol–water partition coefficient (Wildman–Crippen LogP) is 1.62. The number of carbonyl (C=O) groups is 1. The highest BCUT2D eigenvalue weighted by molar-refractivity contribution is 7.52. The number of carbonyl (C=O) groups excluding carboxylic acids is 1. The fourth-order valence-corrected chi connectivity index (χ4v) is 5.13. The van der Waals surface area contributed by atoms with Crippen molar-refractivity contribution in [2.75, 3.05) is 12.3 Å². The number of aliphatic hydroxyl groups excluding tert-OH is 1. The molecule has 0 saturated carbocycles. The Morgan fingerprint density at radius 3 is 2.57 bits per heavy atom. The molecule has 6 atom stereocenters. The number of nitrogens with zero attached hydrogens (tertiary/aromatic N) is 2. The molecular formula is C22H30ClN4O9P. The molecule has 2 heterocycles. The van der Waals surface area contributed by atoms with Gasteiger partial charge in [0.05, 0.1) is 12.7 Å². The highest BCUT2D eigenvalue weighted by atomic mass is 35.5. The SMILES string of the molecule is CC(C)OC(=O)[C@H](C)NP(=O)(OC[C@H]1O[C@@H](n2ccc(N)nc2=O)[C@](C)(O)[C@@H]1O)Oc1ccc(Cl)cc1. The minimum atomic E-state index is -4.30. The van der Waals surface area contributed by atoms with Crippen LogP contribution in [0.5, 0.6) is 5.75 Å². The monoisotopic (exact) mass is 560 g/mol. The molecule has 0 radical (unpaired) electrons. The molecule has 15 heteroatoms. The average Bonchev–Trinajstić information content (AvgIpc) is 3.02. The zero-order valence-electron chi connectivity index (χ0n) is 20.6. The number of nitrogens with two attached hydrogens (primary N) is 1. The Balaban J connectivity index is 1.80. The summed E-state index contributed by atoms with van der Waals surface area (Å²) in [7, 11) is -4.30. The smallest absolute Gasteiger partial charge is 0.459 e. The van der Waals surface area contributed by atoms with Crippen LogP contribution in [-0.2, 0) is 23.4 Å². The number of aromatic nitrogens is 2. The normalized spacial score (nSPS) is 26.0. The molecule has 0 bridgehead atoms. The second-order valence-electron chi connectivity index (χ2n) is 8.91. The molecule has 3 rings (SSSR count). The van der Waals surface area contributed by atoms with E-state index in [9.17, 15) is 24.4 Å². The van der Waals surface area contributed by atoms with Crippen LogP contribution in [0, 0.1) is 0 Å². The molecule has 5 N–H and O–H groups in total. The molecule has 1 aromatic carbocycles. The number of nitrogen functional groups attached to an aromatic ring is 1. The molecule has 1 fully saturated rings. The van der Waals surface area contributed by atoms with Gasteiger partial charge in [0.2, 0.25) is 0 Å². The lowest BCUT2D eigenvalue weighted by atomic mass is 9.96. The molecule has 1 unspecified atom stereocenters. The third kappa shape index (κ3) is 7.08. The Morgan fingerprint density at radius 2 is 1.97 bits per heavy atom. The van der Waals surface area contributed by atoms with Gasteiger partial charge in [0.15, 0.2) is 6.23 Å². The molecule has 0 amide bonds. The van der Waals surface area contributed by atoms with Crippen LogP contribution < -0.4 is 21.0 Å². The summed E-state index contributed by atoms with van der Waals surface area (Å²) in [5, 5.41) is 24.5. The van der Waals surface area contributed by atoms with Crippen LogP contribution in [0.2, 0.25) is 5.02 Å². The number of hydrogen-bond acceptors (Lipinski definition) is 11. The van der Waals surface area contributed by atoms with Gasteiger partial charge in [0.1, 0.15) is 35.4 Å². The van der Waals surface area contributed by atoms with E-state index >= 15 is 0 Å². The van der Waals surface area contributed by atoms with Gasteiger partial charge in [0, 0.05) is 11.2 Å². The summed E-state index contributed by atoms with van der Waals surface area (Å²) < 4.78 is 36.5. The third-order valence-corrected chi connectivity index (χ3v) is 7.26. The number of benzene rings is 1. The molecule has 204 valence electrons. The van der Waals surface area contributed by atoms with E-state index in [2.05, 4.69) is 10.1 Å². The number of anilines is 1. The number of ether oxygens (including phenoxy) is 2.